The summed E-state index contributed by atoms with van der Waals surface area (Å²) in [6.07, 6.45) is 0.189. The van der Waals surface area contributed by atoms with Gasteiger partial charge in [-0.05, 0) is 36.1 Å². The lowest BCUT2D eigenvalue weighted by molar-refractivity contribution is -0.126. The molecular weight excluding hydrogens is 436 g/mol. The Morgan fingerprint density at radius 2 is 2.03 bits per heavy atom. The Morgan fingerprint density at radius 1 is 1.18 bits per heavy atom. The van der Waals surface area contributed by atoms with Crippen molar-refractivity contribution < 1.29 is 14.1 Å². The molecule has 33 heavy (non-hydrogen) atoms. The molecule has 5 rings (SSSR count). The van der Waals surface area contributed by atoms with Crippen LogP contribution >= 0.6 is 11.3 Å². The molecule has 2 aromatic carbocycles. The first-order chi connectivity index (χ1) is 16.1. The minimum atomic E-state index is -0.387. The van der Waals surface area contributed by atoms with Crippen molar-refractivity contribution in [1.29, 1.82) is 0 Å². The first-order valence-electron chi connectivity index (χ1n) is 10.7. The van der Waals surface area contributed by atoms with Gasteiger partial charge in [0.05, 0.1) is 10.8 Å². The quantitative estimate of drug-likeness (QED) is 0.461. The second kappa shape index (κ2) is 8.99. The monoisotopic (exact) mass is 458 g/mol. The Morgan fingerprint density at radius 3 is 2.82 bits per heavy atom. The van der Waals surface area contributed by atoms with Crippen LogP contribution in [0.25, 0.3) is 22.2 Å². The Labute approximate surface area is 195 Å². The number of hydrogen-bond acceptors (Lipinski definition) is 6. The number of aromatic nitrogens is 2. The number of aryl methyl sites for hydroxylation is 1. The predicted molar refractivity (Wildman–Crippen MR) is 127 cm³/mol. The second-order valence-electron chi connectivity index (χ2n) is 8.06. The van der Waals surface area contributed by atoms with Gasteiger partial charge in [-0.3, -0.25) is 9.59 Å². The lowest BCUT2D eigenvalue weighted by atomic mass is 10.1. The number of nitrogens with one attached hydrogen (secondary N) is 1. The van der Waals surface area contributed by atoms with E-state index in [0.717, 1.165) is 16.0 Å². The van der Waals surface area contributed by atoms with Gasteiger partial charge in [-0.25, -0.2) is 0 Å². The molecule has 1 saturated heterocycles. The minimum Gasteiger partial charge on any atom is -0.352 e. The Bertz CT molecular complexity index is 1280. The average Bonchev–Trinajstić information content (AvgIpc) is 3.59. The highest BCUT2D eigenvalue weighted by Gasteiger charge is 2.35. The normalized spacial score (nSPS) is 15.7. The molecule has 0 spiro atoms. The minimum absolute atomic E-state index is 0.0741. The van der Waals surface area contributed by atoms with Crippen molar-refractivity contribution in [2.45, 2.75) is 19.9 Å². The Kier molecular flexibility index (Phi) is 5.75. The molecule has 4 aromatic rings. The van der Waals surface area contributed by atoms with Crippen LogP contribution in [-0.4, -0.2) is 28.5 Å². The van der Waals surface area contributed by atoms with Gasteiger partial charge in [-0.2, -0.15) is 4.98 Å². The van der Waals surface area contributed by atoms with Crippen LogP contribution in [0.3, 0.4) is 0 Å². The van der Waals surface area contributed by atoms with Crippen molar-refractivity contribution in [2.75, 3.05) is 11.4 Å². The third kappa shape index (κ3) is 4.56. The van der Waals surface area contributed by atoms with E-state index >= 15 is 0 Å². The van der Waals surface area contributed by atoms with E-state index in [1.807, 2.05) is 73.0 Å². The first kappa shape index (κ1) is 21.1. The van der Waals surface area contributed by atoms with Crippen molar-refractivity contribution >= 4 is 28.8 Å². The zero-order chi connectivity index (χ0) is 22.8. The van der Waals surface area contributed by atoms with E-state index in [0.29, 0.717) is 30.5 Å². The number of hydrogen-bond donors (Lipinski definition) is 1. The van der Waals surface area contributed by atoms with Gasteiger partial charge in [0.15, 0.2) is 0 Å². The second-order valence-corrected chi connectivity index (χ2v) is 9.01. The van der Waals surface area contributed by atoms with E-state index in [1.165, 1.54) is 16.9 Å². The third-order valence-corrected chi connectivity index (χ3v) is 6.52. The molecule has 1 fully saturated rings. The summed E-state index contributed by atoms with van der Waals surface area (Å²) in [7, 11) is 0. The van der Waals surface area contributed by atoms with Gasteiger partial charge in [0, 0.05) is 30.8 Å². The zero-order valence-corrected chi connectivity index (χ0v) is 18.8. The predicted octanol–water partition coefficient (Wildman–Crippen LogP) is 4.44. The van der Waals surface area contributed by atoms with Gasteiger partial charge in [0.25, 0.3) is 5.89 Å². The summed E-state index contributed by atoms with van der Waals surface area (Å²) in [5.74, 6) is 0.353. The standard InChI is InChI=1S/C25H22N4O3S/c1-16-7-9-17(10-8-16)14-26-24(31)19-13-22(30)29(15-19)20-5-2-4-18(12-20)23-27-25(32-28-23)21-6-3-11-33-21/h2-12,19H,13-15H2,1H3,(H,26,31)/t19-/m0/s1. The number of amides is 2. The highest BCUT2D eigenvalue weighted by Crippen LogP contribution is 2.30. The lowest BCUT2D eigenvalue weighted by Gasteiger charge is -2.17. The van der Waals surface area contributed by atoms with Gasteiger partial charge in [-0.1, -0.05) is 53.2 Å². The molecule has 0 radical (unpaired) electrons. The van der Waals surface area contributed by atoms with Crippen molar-refractivity contribution in [3.63, 3.8) is 0 Å². The van der Waals surface area contributed by atoms with E-state index in [2.05, 4.69) is 15.5 Å². The van der Waals surface area contributed by atoms with E-state index in [-0.39, 0.29) is 24.2 Å². The van der Waals surface area contributed by atoms with Crippen molar-refractivity contribution in [3.05, 3.63) is 77.2 Å². The van der Waals surface area contributed by atoms with Crippen LogP contribution in [0.2, 0.25) is 0 Å². The molecule has 2 amide bonds. The molecule has 2 aromatic heterocycles. The molecular formula is C25H22N4O3S. The molecule has 8 heteroatoms. The SMILES string of the molecule is Cc1ccc(CNC(=O)[C@H]2CC(=O)N(c3cccc(-c4noc(-c5cccs5)n4)c3)C2)cc1. The molecule has 7 nitrogen and oxygen atoms in total. The Balaban J connectivity index is 1.26. The number of benzene rings is 2. The van der Waals surface area contributed by atoms with Crippen LogP contribution < -0.4 is 10.2 Å². The molecule has 0 saturated carbocycles. The topological polar surface area (TPSA) is 88.3 Å². The third-order valence-electron chi connectivity index (χ3n) is 5.66. The van der Waals surface area contributed by atoms with Crippen LogP contribution in [0.1, 0.15) is 17.5 Å². The summed E-state index contributed by atoms with van der Waals surface area (Å²) in [5, 5.41) is 8.99. The largest absolute Gasteiger partial charge is 0.352 e. The molecule has 3 heterocycles. The number of thiophene rings is 1. The fourth-order valence-electron chi connectivity index (χ4n) is 3.83. The molecule has 1 aliphatic rings. The highest BCUT2D eigenvalue weighted by molar-refractivity contribution is 7.13. The number of anilines is 1. The number of nitrogens with zero attached hydrogens (tertiary/aromatic N) is 3. The van der Waals surface area contributed by atoms with Crippen LogP contribution in [0.15, 0.2) is 70.6 Å². The van der Waals surface area contributed by atoms with Crippen molar-refractivity contribution in [2.24, 2.45) is 5.92 Å². The first-order valence-corrected chi connectivity index (χ1v) is 11.6. The number of rotatable bonds is 6. The van der Waals surface area contributed by atoms with Gasteiger partial charge in [-0.15, -0.1) is 11.3 Å². The fraction of sp³-hybridized carbons (Fsp3) is 0.200. The van der Waals surface area contributed by atoms with Gasteiger partial charge in [0.2, 0.25) is 17.6 Å². The summed E-state index contributed by atoms with van der Waals surface area (Å²) in [6, 6.07) is 19.3. The fourth-order valence-corrected chi connectivity index (χ4v) is 4.47. The molecule has 0 unspecified atom stereocenters. The molecule has 166 valence electrons. The van der Waals surface area contributed by atoms with E-state index < -0.39 is 0 Å². The van der Waals surface area contributed by atoms with Crippen LogP contribution in [0.4, 0.5) is 5.69 Å². The maximum Gasteiger partial charge on any atom is 0.268 e. The van der Waals surface area contributed by atoms with Crippen molar-refractivity contribution in [3.8, 4) is 22.2 Å². The van der Waals surface area contributed by atoms with E-state index in [4.69, 9.17) is 4.52 Å². The van der Waals surface area contributed by atoms with Gasteiger partial charge in [0.1, 0.15) is 0 Å². The summed E-state index contributed by atoms with van der Waals surface area (Å²) >= 11 is 1.53. The maximum atomic E-state index is 12.7. The molecule has 1 aliphatic heterocycles. The van der Waals surface area contributed by atoms with Gasteiger partial charge < -0.3 is 14.7 Å². The Hall–Kier alpha value is -3.78. The van der Waals surface area contributed by atoms with E-state index in [1.54, 1.807) is 4.90 Å². The summed E-state index contributed by atoms with van der Waals surface area (Å²) in [6.45, 7) is 2.82. The number of carbonyl (C=O) groups is 2. The van der Waals surface area contributed by atoms with Crippen molar-refractivity contribution in [1.82, 2.24) is 15.5 Å². The lowest BCUT2D eigenvalue weighted by Crippen LogP contribution is -2.32. The van der Waals surface area contributed by atoms with Crippen LogP contribution in [-0.2, 0) is 16.1 Å². The number of carbonyl (C=O) groups excluding carboxylic acids is 2. The smallest absolute Gasteiger partial charge is 0.268 e. The summed E-state index contributed by atoms with van der Waals surface area (Å²) in [5.41, 5.74) is 3.67. The average molecular weight is 459 g/mol. The van der Waals surface area contributed by atoms with Crippen LogP contribution in [0, 0.1) is 12.8 Å². The maximum absolute atomic E-state index is 12.7. The summed E-state index contributed by atoms with van der Waals surface area (Å²) in [4.78, 5) is 32.4. The molecule has 1 atom stereocenters. The van der Waals surface area contributed by atoms with Crippen LogP contribution in [0.5, 0.6) is 0 Å². The molecule has 1 N–H and O–H groups in total. The molecule has 0 aliphatic carbocycles. The highest BCUT2D eigenvalue weighted by atomic mass is 32.1. The molecule has 0 bridgehead atoms. The summed E-state index contributed by atoms with van der Waals surface area (Å²) < 4.78 is 5.38. The van der Waals surface area contributed by atoms with E-state index in [9.17, 15) is 9.59 Å². The van der Waals surface area contributed by atoms with Gasteiger partial charge >= 0.3 is 0 Å². The zero-order valence-electron chi connectivity index (χ0n) is 18.0.